The molecule has 3 fully saturated rings. The fraction of sp³-hybridized carbons (Fsp3) is 0.481. The van der Waals surface area contributed by atoms with Crippen molar-refractivity contribution in [2.24, 2.45) is 7.05 Å². The van der Waals surface area contributed by atoms with Gasteiger partial charge in [-0.05, 0) is 75.3 Å². The zero-order valence-electron chi connectivity index (χ0n) is 21.1. The SMILES string of the molecule is Cn1c(F)cc(-c2ccc(-c3ncc(N(C4CC4)[C@H]4C[C@]5(C)CC[C@@](C)(N5)[C@H]4F)nn3)c(O)c2)cc1=O. The molecule has 4 heterocycles. The van der Waals surface area contributed by atoms with E-state index in [9.17, 15) is 14.3 Å². The summed E-state index contributed by atoms with van der Waals surface area (Å²) in [6, 6.07) is 7.18. The Morgan fingerprint density at radius 3 is 2.57 bits per heavy atom. The molecule has 1 aromatic carbocycles. The van der Waals surface area contributed by atoms with E-state index in [1.165, 1.54) is 25.2 Å². The molecule has 8 nitrogen and oxygen atoms in total. The van der Waals surface area contributed by atoms with Crippen molar-refractivity contribution in [2.45, 2.75) is 75.3 Å². The van der Waals surface area contributed by atoms with Crippen molar-refractivity contribution >= 4 is 5.82 Å². The number of aromatic nitrogens is 4. The van der Waals surface area contributed by atoms with Crippen molar-refractivity contribution in [3.05, 3.63) is 52.8 Å². The third-order valence-corrected chi connectivity index (χ3v) is 8.28. The molecule has 2 N–H and O–H groups in total. The minimum Gasteiger partial charge on any atom is -0.507 e. The number of anilines is 1. The Morgan fingerprint density at radius 1 is 1.14 bits per heavy atom. The second-order valence-electron chi connectivity index (χ2n) is 11.3. The van der Waals surface area contributed by atoms with Crippen LogP contribution in [0.1, 0.15) is 46.0 Å². The number of halogens is 2. The Morgan fingerprint density at radius 2 is 1.92 bits per heavy atom. The summed E-state index contributed by atoms with van der Waals surface area (Å²) in [7, 11) is 1.35. The van der Waals surface area contributed by atoms with Gasteiger partial charge in [0.15, 0.2) is 17.6 Å². The fourth-order valence-electron chi connectivity index (χ4n) is 6.10. The average molecular weight is 509 g/mol. The number of phenols is 1. The van der Waals surface area contributed by atoms with Crippen LogP contribution in [0.5, 0.6) is 5.75 Å². The van der Waals surface area contributed by atoms with Gasteiger partial charge in [-0.2, -0.15) is 4.39 Å². The first-order chi connectivity index (χ1) is 17.6. The van der Waals surface area contributed by atoms with Gasteiger partial charge < -0.3 is 15.3 Å². The number of pyridine rings is 1. The molecule has 2 saturated heterocycles. The second kappa shape index (κ2) is 8.31. The maximum atomic E-state index is 15.8. The molecule has 4 atom stereocenters. The van der Waals surface area contributed by atoms with Gasteiger partial charge in [0.25, 0.3) is 5.56 Å². The van der Waals surface area contributed by atoms with E-state index in [-0.39, 0.29) is 29.2 Å². The number of phenolic OH excluding ortho intramolecular Hbond substituents is 1. The smallest absolute Gasteiger partial charge is 0.253 e. The van der Waals surface area contributed by atoms with E-state index >= 15 is 4.39 Å². The van der Waals surface area contributed by atoms with Crippen molar-refractivity contribution in [2.75, 3.05) is 4.90 Å². The Balaban J connectivity index is 1.28. The van der Waals surface area contributed by atoms with Crippen molar-refractivity contribution in [1.29, 1.82) is 0 Å². The summed E-state index contributed by atoms with van der Waals surface area (Å²) in [4.78, 5) is 18.5. The summed E-state index contributed by atoms with van der Waals surface area (Å²) in [6.45, 7) is 4.14. The molecule has 10 heteroatoms. The average Bonchev–Trinajstić information content (AvgIpc) is 3.66. The number of rotatable bonds is 5. The van der Waals surface area contributed by atoms with E-state index in [0.29, 0.717) is 28.9 Å². The third-order valence-electron chi connectivity index (χ3n) is 8.28. The van der Waals surface area contributed by atoms with Crippen LogP contribution in [0, 0.1) is 5.95 Å². The van der Waals surface area contributed by atoms with Gasteiger partial charge in [-0.3, -0.25) is 9.36 Å². The predicted molar refractivity (Wildman–Crippen MR) is 136 cm³/mol. The molecule has 3 aliphatic rings. The first-order valence-corrected chi connectivity index (χ1v) is 12.7. The summed E-state index contributed by atoms with van der Waals surface area (Å²) in [5.74, 6) is -0.0274. The molecule has 0 unspecified atom stereocenters. The minimum atomic E-state index is -1.04. The molecule has 0 amide bonds. The number of hydrogen-bond donors (Lipinski definition) is 2. The molecule has 3 aromatic rings. The lowest BCUT2D eigenvalue weighted by atomic mass is 9.82. The van der Waals surface area contributed by atoms with Crippen LogP contribution in [0.15, 0.2) is 41.3 Å². The van der Waals surface area contributed by atoms with Crippen LogP contribution in [0.3, 0.4) is 0 Å². The normalized spacial score (nSPS) is 28.9. The van der Waals surface area contributed by atoms with E-state index in [1.807, 2.05) is 6.92 Å². The van der Waals surface area contributed by atoms with Gasteiger partial charge in [0.05, 0.1) is 17.8 Å². The number of alkyl halides is 1. The lowest BCUT2D eigenvalue weighted by Crippen LogP contribution is -2.66. The Labute approximate surface area is 213 Å². The van der Waals surface area contributed by atoms with E-state index in [1.54, 1.807) is 18.3 Å². The van der Waals surface area contributed by atoms with Crippen LogP contribution in [-0.2, 0) is 7.05 Å². The van der Waals surface area contributed by atoms with Crippen molar-refractivity contribution in [1.82, 2.24) is 25.1 Å². The highest BCUT2D eigenvalue weighted by Crippen LogP contribution is 2.47. The number of piperidine rings is 1. The Kier molecular flexibility index (Phi) is 5.38. The quantitative estimate of drug-likeness (QED) is 0.507. The number of nitrogens with zero attached hydrogens (tertiary/aromatic N) is 5. The van der Waals surface area contributed by atoms with E-state index < -0.39 is 23.2 Å². The summed E-state index contributed by atoms with van der Waals surface area (Å²) >= 11 is 0. The fourth-order valence-corrected chi connectivity index (χ4v) is 6.10. The molecule has 1 saturated carbocycles. The molecule has 37 heavy (non-hydrogen) atoms. The van der Waals surface area contributed by atoms with Crippen LogP contribution in [0.4, 0.5) is 14.6 Å². The van der Waals surface area contributed by atoms with Gasteiger partial charge in [-0.25, -0.2) is 9.37 Å². The first kappa shape index (κ1) is 24.0. The molecule has 2 aromatic heterocycles. The zero-order valence-corrected chi connectivity index (χ0v) is 21.1. The van der Waals surface area contributed by atoms with E-state index in [2.05, 4.69) is 32.3 Å². The highest BCUT2D eigenvalue weighted by atomic mass is 19.1. The standard InChI is InChI=1S/C27H30F2N6O2/c1-26-8-9-27(2,33-26)24(29)19(13-26)35(17-5-6-17)22-14-30-25(32-31-22)18-7-4-15(10-20(18)36)16-11-21(28)34(3)23(37)12-16/h4,7,10-12,14,17,19,24,33,36H,5-6,8-9,13H2,1-3H3/t19-,24-,26-,27+/m0/s1. The zero-order chi connectivity index (χ0) is 26.1. The monoisotopic (exact) mass is 508 g/mol. The molecule has 0 spiro atoms. The number of aromatic hydroxyl groups is 1. The Hall–Kier alpha value is -3.40. The van der Waals surface area contributed by atoms with Gasteiger partial charge in [0.1, 0.15) is 11.9 Å². The second-order valence-corrected chi connectivity index (χ2v) is 11.3. The molecular weight excluding hydrogens is 478 g/mol. The first-order valence-electron chi connectivity index (χ1n) is 12.7. The van der Waals surface area contributed by atoms with E-state index in [0.717, 1.165) is 30.3 Å². The maximum absolute atomic E-state index is 15.8. The summed E-state index contributed by atoms with van der Waals surface area (Å²) in [6.07, 6.45) is 4.98. The summed E-state index contributed by atoms with van der Waals surface area (Å²) in [5, 5.41) is 22.9. The van der Waals surface area contributed by atoms with Gasteiger partial charge in [-0.15, -0.1) is 10.2 Å². The highest BCUT2D eigenvalue weighted by Gasteiger charge is 2.58. The summed E-state index contributed by atoms with van der Waals surface area (Å²) < 4.78 is 30.7. The van der Waals surface area contributed by atoms with Crippen molar-refractivity contribution in [3.63, 3.8) is 0 Å². The van der Waals surface area contributed by atoms with Crippen LogP contribution < -0.4 is 15.8 Å². The highest BCUT2D eigenvalue weighted by molar-refractivity contribution is 5.72. The van der Waals surface area contributed by atoms with Gasteiger partial charge in [0.2, 0.25) is 0 Å². The molecule has 6 rings (SSSR count). The van der Waals surface area contributed by atoms with E-state index in [4.69, 9.17) is 0 Å². The number of benzene rings is 1. The third kappa shape index (κ3) is 4.07. The molecule has 2 aliphatic heterocycles. The lowest BCUT2D eigenvalue weighted by molar-refractivity contribution is 0.0831. The van der Waals surface area contributed by atoms with Crippen LogP contribution >= 0.6 is 0 Å². The van der Waals surface area contributed by atoms with Gasteiger partial charge in [0, 0.05) is 30.2 Å². The lowest BCUT2D eigenvalue weighted by Gasteiger charge is -2.48. The minimum absolute atomic E-state index is 0.102. The van der Waals surface area contributed by atoms with Crippen LogP contribution in [-0.4, -0.2) is 54.2 Å². The predicted octanol–water partition coefficient (Wildman–Crippen LogP) is 3.73. The number of hydrogen-bond acceptors (Lipinski definition) is 7. The number of fused-ring (bicyclic) bond motifs is 2. The summed E-state index contributed by atoms with van der Waals surface area (Å²) in [5.41, 5.74) is 0.0610. The topological polar surface area (TPSA) is 96.2 Å². The van der Waals surface area contributed by atoms with Crippen LogP contribution in [0.25, 0.3) is 22.5 Å². The number of nitrogens with one attached hydrogen (secondary N) is 1. The molecule has 1 aliphatic carbocycles. The van der Waals surface area contributed by atoms with Crippen molar-refractivity contribution < 1.29 is 13.9 Å². The van der Waals surface area contributed by atoms with Gasteiger partial charge in [-0.1, -0.05) is 6.07 Å². The maximum Gasteiger partial charge on any atom is 0.253 e. The molecule has 2 bridgehead atoms. The Bertz CT molecular complexity index is 1430. The van der Waals surface area contributed by atoms with Crippen LogP contribution in [0.2, 0.25) is 0 Å². The molecular formula is C27H30F2N6O2. The van der Waals surface area contributed by atoms with Gasteiger partial charge >= 0.3 is 0 Å². The van der Waals surface area contributed by atoms with Crippen molar-refractivity contribution in [3.8, 4) is 28.3 Å². The molecule has 194 valence electrons. The molecule has 0 radical (unpaired) electrons. The largest absolute Gasteiger partial charge is 0.507 e.